The van der Waals surface area contributed by atoms with Crippen molar-refractivity contribution >= 4 is 17.5 Å². The first kappa shape index (κ1) is 32.4. The first-order valence-electron chi connectivity index (χ1n) is 15.0. The zero-order valence-electron chi connectivity index (χ0n) is 25.6. The first-order chi connectivity index (χ1) is 21.6. The lowest BCUT2D eigenvalue weighted by atomic mass is 9.91. The van der Waals surface area contributed by atoms with Crippen molar-refractivity contribution < 1.29 is 28.2 Å². The van der Waals surface area contributed by atoms with E-state index in [4.69, 9.17) is 21.1 Å². The lowest BCUT2D eigenvalue weighted by Crippen LogP contribution is -2.23. The SMILES string of the molecule is CCNC(=O)c1cccc(-c2cccc(COc3cc(OCc4cc(F)cc(F)c4)c(CN4CCC(O)C4)cc3Cl)c2C)c1C. The number of halogens is 3. The Bertz CT molecular complexity index is 1680. The number of hydrogen-bond acceptors (Lipinski definition) is 5. The van der Waals surface area contributed by atoms with E-state index in [1.165, 1.54) is 12.1 Å². The highest BCUT2D eigenvalue weighted by atomic mass is 35.5. The molecular weight excluding hydrogens is 598 g/mol. The molecule has 5 rings (SSSR count). The van der Waals surface area contributed by atoms with E-state index in [0.717, 1.165) is 46.0 Å². The highest BCUT2D eigenvalue weighted by Crippen LogP contribution is 2.36. The van der Waals surface area contributed by atoms with Crippen LogP contribution in [0.2, 0.25) is 5.02 Å². The molecule has 1 unspecified atom stereocenters. The van der Waals surface area contributed by atoms with Gasteiger partial charge >= 0.3 is 0 Å². The Labute approximate surface area is 267 Å². The van der Waals surface area contributed by atoms with Gasteiger partial charge in [0.25, 0.3) is 5.91 Å². The van der Waals surface area contributed by atoms with Crippen LogP contribution in [-0.2, 0) is 19.8 Å². The van der Waals surface area contributed by atoms with Gasteiger partial charge in [-0.1, -0.05) is 41.9 Å². The molecule has 1 aliphatic heterocycles. The van der Waals surface area contributed by atoms with Crippen molar-refractivity contribution in [1.82, 2.24) is 10.2 Å². The summed E-state index contributed by atoms with van der Waals surface area (Å²) in [6, 6.07) is 18.5. The summed E-state index contributed by atoms with van der Waals surface area (Å²) in [5.74, 6) is -0.578. The van der Waals surface area contributed by atoms with Crippen LogP contribution in [0.15, 0.2) is 66.7 Å². The van der Waals surface area contributed by atoms with Gasteiger partial charge in [-0.25, -0.2) is 8.78 Å². The molecule has 45 heavy (non-hydrogen) atoms. The van der Waals surface area contributed by atoms with Gasteiger partial charge < -0.3 is 19.9 Å². The number of amides is 1. The molecule has 1 heterocycles. The molecule has 1 aliphatic rings. The number of likely N-dealkylation sites (tertiary alicyclic amines) is 1. The van der Waals surface area contributed by atoms with E-state index in [1.807, 2.05) is 57.2 Å². The molecule has 0 aliphatic carbocycles. The minimum atomic E-state index is -0.677. The predicted octanol–water partition coefficient (Wildman–Crippen LogP) is 7.38. The second kappa shape index (κ2) is 14.4. The van der Waals surface area contributed by atoms with Gasteiger partial charge in [0.15, 0.2) is 0 Å². The normalized spacial score (nSPS) is 14.9. The van der Waals surface area contributed by atoms with E-state index >= 15 is 0 Å². The van der Waals surface area contributed by atoms with Crippen LogP contribution in [0.25, 0.3) is 11.1 Å². The van der Waals surface area contributed by atoms with Crippen LogP contribution in [0.5, 0.6) is 11.5 Å². The molecule has 9 heteroatoms. The largest absolute Gasteiger partial charge is 0.488 e. The lowest BCUT2D eigenvalue weighted by molar-refractivity contribution is 0.0955. The second-order valence-electron chi connectivity index (χ2n) is 11.4. The molecule has 1 atom stereocenters. The fourth-order valence-corrected chi connectivity index (χ4v) is 5.95. The van der Waals surface area contributed by atoms with Gasteiger partial charge in [-0.3, -0.25) is 9.69 Å². The second-order valence-corrected chi connectivity index (χ2v) is 11.8. The maximum Gasteiger partial charge on any atom is 0.251 e. The summed E-state index contributed by atoms with van der Waals surface area (Å²) >= 11 is 6.72. The number of nitrogens with one attached hydrogen (secondary N) is 1. The summed E-state index contributed by atoms with van der Waals surface area (Å²) in [7, 11) is 0. The number of ether oxygens (including phenoxy) is 2. The summed E-state index contributed by atoms with van der Waals surface area (Å²) < 4.78 is 40.0. The highest BCUT2D eigenvalue weighted by molar-refractivity contribution is 6.32. The van der Waals surface area contributed by atoms with E-state index < -0.39 is 11.6 Å². The Kier molecular flexibility index (Phi) is 10.4. The van der Waals surface area contributed by atoms with Gasteiger partial charge in [0.1, 0.15) is 36.3 Å². The molecule has 6 nitrogen and oxygen atoms in total. The molecule has 0 bridgehead atoms. The van der Waals surface area contributed by atoms with Gasteiger partial charge in [-0.15, -0.1) is 0 Å². The van der Waals surface area contributed by atoms with Gasteiger partial charge in [-0.05, 0) is 84.8 Å². The average molecular weight is 635 g/mol. The number of rotatable bonds is 11. The molecule has 2 N–H and O–H groups in total. The highest BCUT2D eigenvalue weighted by Gasteiger charge is 2.23. The Morgan fingerprint density at radius 1 is 0.933 bits per heavy atom. The quantitative estimate of drug-likeness (QED) is 0.180. The molecule has 1 saturated heterocycles. The van der Waals surface area contributed by atoms with E-state index in [-0.39, 0.29) is 25.2 Å². The Morgan fingerprint density at radius 3 is 2.31 bits per heavy atom. The van der Waals surface area contributed by atoms with E-state index in [1.54, 1.807) is 12.1 Å². The van der Waals surface area contributed by atoms with Crippen molar-refractivity contribution in [1.29, 1.82) is 0 Å². The summed E-state index contributed by atoms with van der Waals surface area (Å²) in [6.45, 7) is 8.33. The van der Waals surface area contributed by atoms with Crippen LogP contribution in [0.1, 0.15) is 51.5 Å². The third-order valence-corrected chi connectivity index (χ3v) is 8.40. The van der Waals surface area contributed by atoms with Gasteiger partial charge in [0.2, 0.25) is 0 Å². The average Bonchev–Trinajstić information content (AvgIpc) is 3.41. The topological polar surface area (TPSA) is 71.0 Å². The number of nitrogens with zero attached hydrogens (tertiary/aromatic N) is 1. The molecule has 0 saturated carbocycles. The lowest BCUT2D eigenvalue weighted by Gasteiger charge is -2.20. The molecule has 1 amide bonds. The minimum Gasteiger partial charge on any atom is -0.488 e. The van der Waals surface area contributed by atoms with Crippen LogP contribution in [0, 0.1) is 25.5 Å². The summed E-state index contributed by atoms with van der Waals surface area (Å²) in [4.78, 5) is 14.7. The number of hydrogen-bond donors (Lipinski definition) is 2. The molecule has 4 aromatic rings. The number of benzene rings is 4. The zero-order valence-corrected chi connectivity index (χ0v) is 26.4. The standard InChI is InChI=1S/C36H37ClF2N2O4/c1-4-40-36(43)32-10-6-9-31(23(32)3)30-8-5-7-25(22(30)2)21-45-35-17-34(44-20-24-13-27(38)16-28(39)14-24)26(15-33(35)37)18-41-12-11-29(42)19-41/h5-10,13-17,29,42H,4,11-12,18-21H2,1-3H3,(H,40,43). The van der Waals surface area contributed by atoms with Crippen molar-refractivity contribution in [2.75, 3.05) is 19.6 Å². The van der Waals surface area contributed by atoms with Crippen molar-refractivity contribution in [3.05, 3.63) is 117 Å². The molecule has 0 radical (unpaired) electrons. The molecule has 0 aromatic heterocycles. The third kappa shape index (κ3) is 7.82. The van der Waals surface area contributed by atoms with Crippen molar-refractivity contribution in [2.45, 2.75) is 53.1 Å². The molecule has 1 fully saturated rings. The Hall–Kier alpha value is -3.98. The Morgan fingerprint density at radius 2 is 1.62 bits per heavy atom. The van der Waals surface area contributed by atoms with E-state index in [2.05, 4.69) is 10.2 Å². The van der Waals surface area contributed by atoms with Gasteiger partial charge in [0.05, 0.1) is 11.1 Å². The van der Waals surface area contributed by atoms with Crippen LogP contribution >= 0.6 is 11.6 Å². The van der Waals surface area contributed by atoms with E-state index in [0.29, 0.717) is 53.7 Å². The van der Waals surface area contributed by atoms with Crippen molar-refractivity contribution in [3.63, 3.8) is 0 Å². The van der Waals surface area contributed by atoms with Gasteiger partial charge in [0, 0.05) is 49.4 Å². The fraction of sp³-hybridized carbons (Fsp3) is 0.306. The molecular formula is C36H37ClF2N2O4. The maximum atomic E-state index is 13.8. The fourth-order valence-electron chi connectivity index (χ4n) is 5.71. The zero-order chi connectivity index (χ0) is 32.1. The van der Waals surface area contributed by atoms with Crippen LogP contribution < -0.4 is 14.8 Å². The smallest absolute Gasteiger partial charge is 0.251 e. The first-order valence-corrected chi connectivity index (χ1v) is 15.4. The molecule has 4 aromatic carbocycles. The van der Waals surface area contributed by atoms with E-state index in [9.17, 15) is 18.7 Å². The van der Waals surface area contributed by atoms with Crippen LogP contribution in [-0.4, -0.2) is 41.7 Å². The number of carbonyl (C=O) groups excluding carboxylic acids is 1. The van der Waals surface area contributed by atoms with Crippen molar-refractivity contribution in [3.8, 4) is 22.6 Å². The van der Waals surface area contributed by atoms with Crippen LogP contribution in [0.4, 0.5) is 8.78 Å². The summed E-state index contributed by atoms with van der Waals surface area (Å²) in [5.41, 5.74) is 6.59. The van der Waals surface area contributed by atoms with Crippen LogP contribution in [0.3, 0.4) is 0 Å². The number of β-amino-alcohol motifs (C(OH)–C–C–N with tert-alkyl or cyclic N) is 1. The third-order valence-electron chi connectivity index (χ3n) is 8.11. The number of aliphatic hydroxyl groups excluding tert-OH is 1. The number of aliphatic hydroxyl groups is 1. The molecule has 0 spiro atoms. The number of carbonyl (C=O) groups is 1. The monoisotopic (exact) mass is 634 g/mol. The maximum absolute atomic E-state index is 13.8. The minimum absolute atomic E-state index is 0.0543. The summed E-state index contributed by atoms with van der Waals surface area (Å²) in [6.07, 6.45) is 0.295. The van der Waals surface area contributed by atoms with Crippen molar-refractivity contribution in [2.24, 2.45) is 0 Å². The Balaban J connectivity index is 1.40. The predicted molar refractivity (Wildman–Crippen MR) is 172 cm³/mol. The molecule has 236 valence electrons. The van der Waals surface area contributed by atoms with Gasteiger partial charge in [-0.2, -0.15) is 0 Å². The summed E-state index contributed by atoms with van der Waals surface area (Å²) in [5, 5.41) is 13.3.